The summed E-state index contributed by atoms with van der Waals surface area (Å²) < 4.78 is 12.0. The van der Waals surface area contributed by atoms with E-state index in [0.29, 0.717) is 19.4 Å². The smallest absolute Gasteiger partial charge is 0.323 e. The standard InChI is InChI=1S/C28H45BrO4/c1-4-7-8-9-10-11-12-13-14-15-16-17-21-32-26(30)28(5-2,6-3)27(31)33-23-24-19-18-20-25(29)22-24/h18-20,22H,4-17,21,23H2,1-3H3. The highest BCUT2D eigenvalue weighted by Gasteiger charge is 2.45. The Hall–Kier alpha value is -1.36. The molecule has 0 fully saturated rings. The maximum atomic E-state index is 12.8. The highest BCUT2D eigenvalue weighted by atomic mass is 79.9. The average molecular weight is 526 g/mol. The molecule has 0 aliphatic heterocycles. The van der Waals surface area contributed by atoms with Gasteiger partial charge in [-0.25, -0.2) is 0 Å². The third-order valence-electron chi connectivity index (χ3n) is 6.48. The van der Waals surface area contributed by atoms with Gasteiger partial charge >= 0.3 is 11.9 Å². The van der Waals surface area contributed by atoms with Gasteiger partial charge in [-0.15, -0.1) is 0 Å². The predicted octanol–water partition coefficient (Wildman–Crippen LogP) is 8.54. The molecule has 1 aromatic carbocycles. The lowest BCUT2D eigenvalue weighted by atomic mass is 9.82. The molecule has 0 saturated carbocycles. The van der Waals surface area contributed by atoms with Crippen LogP contribution < -0.4 is 0 Å². The molecule has 1 aromatic rings. The summed E-state index contributed by atoms with van der Waals surface area (Å²) in [4.78, 5) is 25.6. The van der Waals surface area contributed by atoms with Crippen LogP contribution in [0.3, 0.4) is 0 Å². The number of carbonyl (C=O) groups excluding carboxylic acids is 2. The molecule has 0 aliphatic rings. The summed E-state index contributed by atoms with van der Waals surface area (Å²) in [5, 5.41) is 0. The van der Waals surface area contributed by atoms with Crippen LogP contribution in [0.2, 0.25) is 0 Å². The van der Waals surface area contributed by atoms with E-state index in [2.05, 4.69) is 22.9 Å². The molecule has 0 spiro atoms. The molecule has 4 nitrogen and oxygen atoms in total. The van der Waals surface area contributed by atoms with Crippen LogP contribution in [-0.4, -0.2) is 18.5 Å². The van der Waals surface area contributed by atoms with E-state index in [0.717, 1.165) is 22.9 Å². The van der Waals surface area contributed by atoms with Crippen molar-refractivity contribution in [2.45, 2.75) is 117 Å². The number of carbonyl (C=O) groups is 2. The van der Waals surface area contributed by atoms with E-state index < -0.39 is 17.4 Å². The SMILES string of the molecule is CCCCCCCCCCCCCCOC(=O)C(CC)(CC)C(=O)OCc1cccc(Br)c1. The first kappa shape index (κ1) is 29.7. The van der Waals surface area contributed by atoms with Crippen molar-refractivity contribution in [3.05, 3.63) is 34.3 Å². The molecule has 0 unspecified atom stereocenters. The zero-order valence-electron chi connectivity index (χ0n) is 21.1. The average Bonchev–Trinajstić information content (AvgIpc) is 2.82. The summed E-state index contributed by atoms with van der Waals surface area (Å²) in [6.45, 7) is 6.46. The minimum atomic E-state index is -1.22. The molecule has 0 saturated heterocycles. The molecular formula is C28H45BrO4. The molecule has 0 radical (unpaired) electrons. The van der Waals surface area contributed by atoms with E-state index in [1.165, 1.54) is 64.2 Å². The summed E-state index contributed by atoms with van der Waals surface area (Å²) in [6, 6.07) is 7.60. The third-order valence-corrected chi connectivity index (χ3v) is 6.97. The second-order valence-electron chi connectivity index (χ2n) is 9.02. The number of unbranched alkanes of at least 4 members (excludes halogenated alkanes) is 11. The maximum Gasteiger partial charge on any atom is 0.323 e. The fourth-order valence-corrected chi connectivity index (χ4v) is 4.52. The van der Waals surface area contributed by atoms with E-state index in [1.54, 1.807) is 0 Å². The van der Waals surface area contributed by atoms with Gasteiger partial charge < -0.3 is 9.47 Å². The lowest BCUT2D eigenvalue weighted by Crippen LogP contribution is -2.41. The Kier molecular flexibility index (Phi) is 16.2. The van der Waals surface area contributed by atoms with E-state index in [4.69, 9.17) is 9.47 Å². The minimum Gasteiger partial charge on any atom is -0.465 e. The van der Waals surface area contributed by atoms with Crippen molar-refractivity contribution in [3.8, 4) is 0 Å². The summed E-state index contributed by atoms with van der Waals surface area (Å²) in [5.41, 5.74) is -0.341. The summed E-state index contributed by atoms with van der Waals surface area (Å²) >= 11 is 3.42. The van der Waals surface area contributed by atoms with Crippen LogP contribution in [0.5, 0.6) is 0 Å². The van der Waals surface area contributed by atoms with E-state index in [-0.39, 0.29) is 6.61 Å². The minimum absolute atomic E-state index is 0.145. The number of ether oxygens (including phenoxy) is 2. The Labute approximate surface area is 210 Å². The first-order valence-electron chi connectivity index (χ1n) is 13.1. The summed E-state index contributed by atoms with van der Waals surface area (Å²) in [6.07, 6.45) is 15.9. The largest absolute Gasteiger partial charge is 0.465 e. The van der Waals surface area contributed by atoms with Crippen molar-refractivity contribution in [2.75, 3.05) is 6.61 Å². The van der Waals surface area contributed by atoms with Crippen molar-refractivity contribution < 1.29 is 19.1 Å². The molecule has 0 atom stereocenters. The molecule has 5 heteroatoms. The van der Waals surface area contributed by atoms with Gasteiger partial charge in [-0.3, -0.25) is 9.59 Å². The van der Waals surface area contributed by atoms with Crippen molar-refractivity contribution >= 4 is 27.9 Å². The van der Waals surface area contributed by atoms with E-state index in [9.17, 15) is 9.59 Å². The van der Waals surface area contributed by atoms with Gasteiger partial charge in [0.1, 0.15) is 6.61 Å². The Morgan fingerprint density at radius 3 is 1.79 bits per heavy atom. The highest BCUT2D eigenvalue weighted by molar-refractivity contribution is 9.10. The van der Waals surface area contributed by atoms with E-state index >= 15 is 0 Å². The molecule has 188 valence electrons. The van der Waals surface area contributed by atoms with Gasteiger partial charge in [0, 0.05) is 4.47 Å². The first-order valence-corrected chi connectivity index (χ1v) is 13.9. The van der Waals surface area contributed by atoms with Crippen molar-refractivity contribution in [1.82, 2.24) is 0 Å². The molecule has 0 aliphatic carbocycles. The highest BCUT2D eigenvalue weighted by Crippen LogP contribution is 2.31. The molecule has 0 N–H and O–H groups in total. The van der Waals surface area contributed by atoms with Crippen molar-refractivity contribution in [2.24, 2.45) is 5.41 Å². The van der Waals surface area contributed by atoms with Gasteiger partial charge in [0.2, 0.25) is 0 Å². The topological polar surface area (TPSA) is 52.6 Å². The van der Waals surface area contributed by atoms with Gasteiger partial charge in [-0.1, -0.05) is 119 Å². The second kappa shape index (κ2) is 18.0. The number of hydrogen-bond donors (Lipinski definition) is 0. The summed E-state index contributed by atoms with van der Waals surface area (Å²) in [7, 11) is 0. The number of halogens is 1. The normalized spacial score (nSPS) is 11.4. The molecule has 33 heavy (non-hydrogen) atoms. The third kappa shape index (κ3) is 11.6. The predicted molar refractivity (Wildman–Crippen MR) is 139 cm³/mol. The maximum absolute atomic E-state index is 12.8. The van der Waals surface area contributed by atoms with Gasteiger partial charge in [0.15, 0.2) is 5.41 Å². The fraction of sp³-hybridized carbons (Fsp3) is 0.714. The van der Waals surface area contributed by atoms with Crippen LogP contribution in [0.4, 0.5) is 0 Å². The van der Waals surface area contributed by atoms with Gasteiger partial charge in [-0.05, 0) is 37.0 Å². The molecule has 0 aromatic heterocycles. The van der Waals surface area contributed by atoms with Gasteiger partial charge in [0.25, 0.3) is 0 Å². The molecule has 0 bridgehead atoms. The number of esters is 2. The lowest BCUT2D eigenvalue weighted by Gasteiger charge is -2.27. The molecule has 0 amide bonds. The fourth-order valence-electron chi connectivity index (χ4n) is 4.07. The number of benzene rings is 1. The summed E-state index contributed by atoms with van der Waals surface area (Å²) in [5.74, 6) is -0.943. The van der Waals surface area contributed by atoms with Crippen LogP contribution in [0.25, 0.3) is 0 Å². The first-order chi connectivity index (χ1) is 16.0. The number of hydrogen-bond acceptors (Lipinski definition) is 4. The van der Waals surface area contributed by atoms with E-state index in [1.807, 2.05) is 38.1 Å². The Morgan fingerprint density at radius 1 is 0.758 bits per heavy atom. The molecule has 0 heterocycles. The van der Waals surface area contributed by atoms with Crippen LogP contribution in [-0.2, 0) is 25.7 Å². The molecule has 1 rings (SSSR count). The van der Waals surface area contributed by atoms with Crippen LogP contribution in [0.15, 0.2) is 28.7 Å². The zero-order chi connectivity index (χ0) is 24.4. The van der Waals surface area contributed by atoms with Crippen LogP contribution >= 0.6 is 15.9 Å². The number of rotatable bonds is 19. The Balaban J connectivity index is 2.25. The monoisotopic (exact) mass is 524 g/mol. The van der Waals surface area contributed by atoms with Crippen molar-refractivity contribution in [1.29, 1.82) is 0 Å². The van der Waals surface area contributed by atoms with Crippen LogP contribution in [0, 0.1) is 5.41 Å². The Bertz CT molecular complexity index is 670. The Morgan fingerprint density at radius 2 is 1.27 bits per heavy atom. The molecular weight excluding hydrogens is 480 g/mol. The lowest BCUT2D eigenvalue weighted by molar-refractivity contribution is -0.174. The quantitative estimate of drug-likeness (QED) is 0.103. The van der Waals surface area contributed by atoms with Gasteiger partial charge in [-0.2, -0.15) is 0 Å². The van der Waals surface area contributed by atoms with Crippen LogP contribution in [0.1, 0.15) is 116 Å². The zero-order valence-corrected chi connectivity index (χ0v) is 22.7. The van der Waals surface area contributed by atoms with Crippen molar-refractivity contribution in [3.63, 3.8) is 0 Å². The second-order valence-corrected chi connectivity index (χ2v) is 9.94. The van der Waals surface area contributed by atoms with Gasteiger partial charge in [0.05, 0.1) is 6.61 Å².